The summed E-state index contributed by atoms with van der Waals surface area (Å²) >= 11 is 0. The van der Waals surface area contributed by atoms with Crippen molar-refractivity contribution in [2.75, 3.05) is 0 Å². The summed E-state index contributed by atoms with van der Waals surface area (Å²) in [6.45, 7) is 20.5. The van der Waals surface area contributed by atoms with E-state index in [2.05, 4.69) is 49.4 Å². The van der Waals surface area contributed by atoms with Crippen LogP contribution in [0, 0.1) is 52.8 Å². The lowest BCUT2D eigenvalue weighted by Crippen LogP contribution is -2.29. The molecule has 0 amide bonds. The van der Waals surface area contributed by atoms with Crippen LogP contribution in [0.4, 0.5) is 0 Å². The number of rotatable bonds is 9. The van der Waals surface area contributed by atoms with Gasteiger partial charge in [0.2, 0.25) is 0 Å². The van der Waals surface area contributed by atoms with E-state index < -0.39 is 0 Å². The molecule has 3 rings (SSSR count). The van der Waals surface area contributed by atoms with Gasteiger partial charge in [-0.3, -0.25) is 0 Å². The van der Waals surface area contributed by atoms with E-state index >= 15 is 0 Å². The molecule has 0 nitrogen and oxygen atoms in total. The maximum Gasteiger partial charge on any atom is 0.0606 e. The van der Waals surface area contributed by atoms with Gasteiger partial charge in [0.15, 0.2) is 0 Å². The van der Waals surface area contributed by atoms with Crippen molar-refractivity contribution in [1.29, 1.82) is 0 Å². The van der Waals surface area contributed by atoms with Gasteiger partial charge in [-0.2, -0.15) is 0 Å². The van der Waals surface area contributed by atoms with Crippen molar-refractivity contribution in [3.8, 4) is 0 Å². The van der Waals surface area contributed by atoms with Gasteiger partial charge in [0, 0.05) is 0 Å². The molecule has 0 heterocycles. The molecule has 0 bridgehead atoms. The van der Waals surface area contributed by atoms with Crippen molar-refractivity contribution in [2.24, 2.45) is 52.8 Å². The third-order valence-electron chi connectivity index (χ3n) is 12.1. The van der Waals surface area contributed by atoms with Gasteiger partial charge in [0.05, 0.1) is 7.85 Å². The lowest BCUT2D eigenvalue weighted by Gasteiger charge is -2.40. The van der Waals surface area contributed by atoms with E-state index in [9.17, 15) is 0 Å². The molecule has 43 heavy (non-hydrogen) atoms. The topological polar surface area (TPSA) is 0 Å². The van der Waals surface area contributed by atoms with Gasteiger partial charge in [0.25, 0.3) is 0 Å². The first-order valence-corrected chi connectivity index (χ1v) is 20.3. The highest BCUT2D eigenvalue weighted by Gasteiger charge is 2.34. The fourth-order valence-electron chi connectivity index (χ4n) is 9.79. The van der Waals surface area contributed by atoms with E-state index in [1.165, 1.54) is 135 Å². The zero-order chi connectivity index (χ0) is 32.1. The fourth-order valence-corrected chi connectivity index (χ4v) is 9.79. The number of hydrogen-bond acceptors (Lipinski definition) is 0. The summed E-state index contributed by atoms with van der Waals surface area (Å²) in [5, 5.41) is 0. The Hall–Kier alpha value is 0.0649. The second kappa shape index (κ2) is 24.3. The predicted molar refractivity (Wildman–Crippen MR) is 198 cm³/mol. The first kappa shape index (κ1) is 41.1. The second-order valence-electron chi connectivity index (χ2n) is 16.9. The fraction of sp³-hybridized carbons (Fsp3) is 1.00. The lowest BCUT2D eigenvalue weighted by atomic mass is 9.65. The normalized spacial score (nSPS) is 30.4. The highest BCUT2D eigenvalue weighted by Crippen LogP contribution is 2.46. The Bertz CT molecular complexity index is 588. The Morgan fingerprint density at radius 2 is 0.907 bits per heavy atom. The second-order valence-corrected chi connectivity index (χ2v) is 16.9. The molecule has 0 aromatic carbocycles. The zero-order valence-electron chi connectivity index (χ0n) is 31.7. The SMILES string of the molecule is CC.CC(C)CCC1CCCCC(CC(C)(C)C2CCCC(C3CCCC(CC(C)C)CCC3)CCC2)CCCC1.[B]C. The average molecular weight is 599 g/mol. The summed E-state index contributed by atoms with van der Waals surface area (Å²) in [4.78, 5) is 0. The van der Waals surface area contributed by atoms with Crippen LogP contribution in [0.5, 0.6) is 0 Å². The first-order chi connectivity index (χ1) is 20.7. The molecule has 3 aliphatic rings. The average Bonchev–Trinajstić information content (AvgIpc) is 2.94. The standard InChI is InChI=1S/C39H74.C2H6.CH3B/c1-31(2)27-28-33-15-7-9-17-35(18-10-8-16-33)30-39(5,6)38-25-13-23-37(24-14-26-38)36-21-11-19-34(20-12-22-36)29-32(3)4;2*1-2/h31-38H,7-30H2,1-6H3;1-2H3;1H3. The molecule has 3 fully saturated rings. The van der Waals surface area contributed by atoms with Crippen LogP contribution < -0.4 is 0 Å². The first-order valence-electron chi connectivity index (χ1n) is 20.3. The molecule has 3 aliphatic carbocycles. The lowest BCUT2D eigenvalue weighted by molar-refractivity contribution is 0.107. The molecule has 0 unspecified atom stereocenters. The quantitative estimate of drug-likeness (QED) is 0.232. The van der Waals surface area contributed by atoms with Crippen molar-refractivity contribution in [1.82, 2.24) is 0 Å². The smallest absolute Gasteiger partial charge is 0.0606 e. The Labute approximate surface area is 276 Å². The Balaban J connectivity index is 0.00000221. The van der Waals surface area contributed by atoms with Gasteiger partial charge in [-0.25, -0.2) is 0 Å². The molecule has 1 heteroatoms. The van der Waals surface area contributed by atoms with Crippen LogP contribution in [0.25, 0.3) is 0 Å². The molecule has 0 atom stereocenters. The van der Waals surface area contributed by atoms with Gasteiger partial charge in [0.1, 0.15) is 0 Å². The van der Waals surface area contributed by atoms with Crippen LogP contribution in [0.15, 0.2) is 0 Å². The van der Waals surface area contributed by atoms with Crippen molar-refractivity contribution >= 4 is 7.85 Å². The molecule has 2 radical (unpaired) electrons. The summed E-state index contributed by atoms with van der Waals surface area (Å²) in [7, 11) is 4.50. The van der Waals surface area contributed by atoms with E-state index in [1.807, 2.05) is 13.8 Å². The van der Waals surface area contributed by atoms with E-state index in [-0.39, 0.29) is 0 Å². The van der Waals surface area contributed by atoms with Crippen molar-refractivity contribution in [3.05, 3.63) is 0 Å². The third kappa shape index (κ3) is 17.5. The summed E-state index contributed by atoms with van der Waals surface area (Å²) in [6, 6.07) is 0. The van der Waals surface area contributed by atoms with Crippen molar-refractivity contribution < 1.29 is 0 Å². The summed E-state index contributed by atoms with van der Waals surface area (Å²) in [5.41, 5.74) is 0.549. The molecular formula is C42H83B. The molecule has 0 N–H and O–H groups in total. The molecule has 254 valence electrons. The van der Waals surface area contributed by atoms with Crippen LogP contribution in [0.3, 0.4) is 0 Å². The van der Waals surface area contributed by atoms with Crippen LogP contribution in [-0.2, 0) is 0 Å². The van der Waals surface area contributed by atoms with E-state index in [4.69, 9.17) is 0 Å². The minimum atomic E-state index is 0.549. The largest absolute Gasteiger partial charge is 0.0999 e. The molecule has 0 aromatic rings. The molecule has 0 aromatic heterocycles. The van der Waals surface area contributed by atoms with Gasteiger partial charge in [-0.15, -0.1) is 0 Å². The van der Waals surface area contributed by atoms with Crippen molar-refractivity contribution in [2.45, 2.75) is 216 Å². The maximum atomic E-state index is 4.50. The molecular weight excluding hydrogens is 515 g/mol. The highest BCUT2D eigenvalue weighted by atomic mass is 14.4. The maximum absolute atomic E-state index is 4.50. The third-order valence-corrected chi connectivity index (χ3v) is 12.1. The van der Waals surface area contributed by atoms with Crippen LogP contribution in [0.1, 0.15) is 209 Å². The van der Waals surface area contributed by atoms with Gasteiger partial charge in [-0.05, 0) is 78.4 Å². The number of hydrogen-bond donors (Lipinski definition) is 0. The Kier molecular flexibility index (Phi) is 23.2. The minimum absolute atomic E-state index is 0.549. The Morgan fingerprint density at radius 3 is 1.33 bits per heavy atom. The van der Waals surface area contributed by atoms with Gasteiger partial charge < -0.3 is 0 Å². The van der Waals surface area contributed by atoms with Crippen LogP contribution in [0.2, 0.25) is 6.82 Å². The highest BCUT2D eigenvalue weighted by molar-refractivity contribution is 6.05. The Morgan fingerprint density at radius 1 is 0.512 bits per heavy atom. The zero-order valence-corrected chi connectivity index (χ0v) is 31.7. The van der Waals surface area contributed by atoms with Crippen molar-refractivity contribution in [3.63, 3.8) is 0 Å². The van der Waals surface area contributed by atoms with Gasteiger partial charge >= 0.3 is 0 Å². The van der Waals surface area contributed by atoms with E-state index in [0.717, 1.165) is 47.3 Å². The van der Waals surface area contributed by atoms with E-state index in [1.54, 1.807) is 25.7 Å². The predicted octanol–water partition coefficient (Wildman–Crippen LogP) is 14.7. The molecule has 0 spiro atoms. The van der Waals surface area contributed by atoms with E-state index in [0.29, 0.717) is 5.41 Å². The minimum Gasteiger partial charge on any atom is -0.0999 e. The molecule has 3 saturated carbocycles. The van der Waals surface area contributed by atoms with Crippen LogP contribution in [-0.4, -0.2) is 7.85 Å². The molecule has 0 saturated heterocycles. The molecule has 0 aliphatic heterocycles. The van der Waals surface area contributed by atoms with Gasteiger partial charge in [-0.1, -0.05) is 191 Å². The monoisotopic (exact) mass is 599 g/mol. The van der Waals surface area contributed by atoms with Crippen LogP contribution >= 0.6 is 0 Å². The summed E-state index contributed by atoms with van der Waals surface area (Å²) in [5.74, 6) is 7.92. The summed E-state index contributed by atoms with van der Waals surface area (Å²) < 4.78 is 0. The summed E-state index contributed by atoms with van der Waals surface area (Å²) in [6.07, 6.45) is 36.4.